The number of aromatic nitrogens is 1. The van der Waals surface area contributed by atoms with Crippen molar-refractivity contribution in [1.82, 2.24) is 9.47 Å². The lowest BCUT2D eigenvalue weighted by atomic mass is 10.1. The van der Waals surface area contributed by atoms with Crippen molar-refractivity contribution in [3.8, 4) is 0 Å². The van der Waals surface area contributed by atoms with Crippen LogP contribution in [0.15, 0.2) is 35.1 Å². The monoisotopic (exact) mass is 258 g/mol. The van der Waals surface area contributed by atoms with E-state index in [0.717, 1.165) is 5.39 Å². The van der Waals surface area contributed by atoms with Gasteiger partial charge in [0.25, 0.3) is 11.5 Å². The van der Waals surface area contributed by atoms with E-state index in [9.17, 15) is 9.59 Å². The molecule has 0 spiro atoms. The number of carbonyl (C=O) groups is 1. The van der Waals surface area contributed by atoms with Crippen molar-refractivity contribution in [3.05, 3.63) is 46.4 Å². The molecular formula is C15H18N2O2. The quantitative estimate of drug-likeness (QED) is 0.845. The summed E-state index contributed by atoms with van der Waals surface area (Å²) in [7, 11) is 1.64. The van der Waals surface area contributed by atoms with Gasteiger partial charge in [0.05, 0.1) is 0 Å². The van der Waals surface area contributed by atoms with Crippen LogP contribution >= 0.6 is 0 Å². The van der Waals surface area contributed by atoms with Gasteiger partial charge in [0, 0.05) is 25.5 Å². The lowest BCUT2D eigenvalue weighted by molar-refractivity contribution is 0.0762. The van der Waals surface area contributed by atoms with Crippen LogP contribution in [0, 0.1) is 0 Å². The van der Waals surface area contributed by atoms with Gasteiger partial charge in [0.2, 0.25) is 0 Å². The minimum atomic E-state index is -0.131. The number of carbonyl (C=O) groups excluding carboxylic acids is 1. The van der Waals surface area contributed by atoms with Gasteiger partial charge in [-0.3, -0.25) is 9.59 Å². The molecule has 0 saturated carbocycles. The highest BCUT2D eigenvalue weighted by Gasteiger charge is 2.17. The third-order valence-electron chi connectivity index (χ3n) is 3.42. The van der Waals surface area contributed by atoms with Crippen molar-refractivity contribution in [2.45, 2.75) is 13.8 Å². The van der Waals surface area contributed by atoms with Crippen LogP contribution in [-0.4, -0.2) is 28.5 Å². The van der Waals surface area contributed by atoms with Gasteiger partial charge >= 0.3 is 0 Å². The van der Waals surface area contributed by atoms with E-state index in [-0.39, 0.29) is 11.5 Å². The molecule has 2 aromatic rings. The van der Waals surface area contributed by atoms with Crippen LogP contribution in [0.4, 0.5) is 0 Å². The molecule has 4 nitrogen and oxygen atoms in total. The van der Waals surface area contributed by atoms with Crippen molar-refractivity contribution in [2.24, 2.45) is 7.05 Å². The van der Waals surface area contributed by atoms with E-state index in [1.54, 1.807) is 24.1 Å². The zero-order chi connectivity index (χ0) is 14.0. The van der Waals surface area contributed by atoms with E-state index in [4.69, 9.17) is 0 Å². The number of fused-ring (bicyclic) bond motifs is 1. The van der Waals surface area contributed by atoms with Gasteiger partial charge in [-0.05, 0) is 31.4 Å². The lowest BCUT2D eigenvalue weighted by Crippen LogP contribution is -2.35. The second-order valence-corrected chi connectivity index (χ2v) is 4.46. The Morgan fingerprint density at radius 1 is 1.21 bits per heavy atom. The average Bonchev–Trinajstić information content (AvgIpc) is 2.44. The minimum absolute atomic E-state index is 0.102. The summed E-state index contributed by atoms with van der Waals surface area (Å²) in [4.78, 5) is 26.3. The Morgan fingerprint density at radius 2 is 1.84 bits per heavy atom. The number of pyridine rings is 1. The molecule has 0 aliphatic rings. The molecule has 1 aromatic carbocycles. The van der Waals surface area contributed by atoms with Gasteiger partial charge in [0.1, 0.15) is 5.69 Å². The molecule has 0 unspecified atom stereocenters. The van der Waals surface area contributed by atoms with Gasteiger partial charge in [-0.2, -0.15) is 0 Å². The van der Waals surface area contributed by atoms with Crippen LogP contribution in [0.3, 0.4) is 0 Å². The molecule has 0 N–H and O–H groups in total. The largest absolute Gasteiger partial charge is 0.338 e. The number of rotatable bonds is 3. The van der Waals surface area contributed by atoms with Gasteiger partial charge in [0.15, 0.2) is 0 Å². The van der Waals surface area contributed by atoms with Gasteiger partial charge in [-0.25, -0.2) is 0 Å². The number of nitrogens with zero attached hydrogens (tertiary/aromatic N) is 2. The zero-order valence-corrected chi connectivity index (χ0v) is 11.5. The number of hydrogen-bond donors (Lipinski definition) is 0. The summed E-state index contributed by atoms with van der Waals surface area (Å²) in [5, 5.41) is 1.45. The molecule has 0 atom stereocenters. The Bertz CT molecular complexity index is 669. The Kier molecular flexibility index (Phi) is 3.69. The van der Waals surface area contributed by atoms with Crippen molar-refractivity contribution in [3.63, 3.8) is 0 Å². The summed E-state index contributed by atoms with van der Waals surface area (Å²) in [6.45, 7) is 5.13. The maximum Gasteiger partial charge on any atom is 0.270 e. The fourth-order valence-corrected chi connectivity index (χ4v) is 2.23. The molecule has 0 radical (unpaired) electrons. The van der Waals surface area contributed by atoms with Crippen molar-refractivity contribution in [2.75, 3.05) is 13.1 Å². The zero-order valence-electron chi connectivity index (χ0n) is 11.5. The summed E-state index contributed by atoms with van der Waals surface area (Å²) in [6, 6.07) is 9.12. The Labute approximate surface area is 112 Å². The summed E-state index contributed by atoms with van der Waals surface area (Å²) >= 11 is 0. The summed E-state index contributed by atoms with van der Waals surface area (Å²) in [5.41, 5.74) is 0.306. The van der Waals surface area contributed by atoms with Gasteiger partial charge < -0.3 is 9.47 Å². The predicted octanol–water partition coefficient (Wildman–Crippen LogP) is 2.02. The molecule has 1 amide bonds. The van der Waals surface area contributed by atoms with Crippen LogP contribution in [0.5, 0.6) is 0 Å². The highest BCUT2D eigenvalue weighted by Crippen LogP contribution is 2.13. The second-order valence-electron chi connectivity index (χ2n) is 4.46. The third kappa shape index (κ3) is 2.26. The summed E-state index contributed by atoms with van der Waals surface area (Å²) < 4.78 is 1.43. The van der Waals surface area contributed by atoms with E-state index in [0.29, 0.717) is 24.2 Å². The van der Waals surface area contributed by atoms with E-state index in [1.165, 1.54) is 4.57 Å². The molecule has 2 rings (SSSR count). The molecule has 100 valence electrons. The molecule has 0 fully saturated rings. The minimum Gasteiger partial charge on any atom is -0.338 e. The average molecular weight is 258 g/mol. The number of hydrogen-bond acceptors (Lipinski definition) is 2. The van der Waals surface area contributed by atoms with Gasteiger partial charge in [-0.1, -0.05) is 18.2 Å². The summed E-state index contributed by atoms with van der Waals surface area (Å²) in [6.07, 6.45) is 0. The second kappa shape index (κ2) is 5.26. The van der Waals surface area contributed by atoms with Crippen LogP contribution in [0.1, 0.15) is 24.3 Å². The Balaban J connectivity index is 2.65. The third-order valence-corrected chi connectivity index (χ3v) is 3.42. The van der Waals surface area contributed by atoms with Crippen LogP contribution in [0.2, 0.25) is 0 Å². The first-order valence-corrected chi connectivity index (χ1v) is 6.48. The first-order valence-electron chi connectivity index (χ1n) is 6.48. The first kappa shape index (κ1) is 13.3. The molecule has 4 heteroatoms. The normalized spacial score (nSPS) is 10.7. The van der Waals surface area contributed by atoms with Gasteiger partial charge in [-0.15, -0.1) is 0 Å². The van der Waals surface area contributed by atoms with Crippen molar-refractivity contribution < 1.29 is 4.79 Å². The molecule has 0 aliphatic carbocycles. The van der Waals surface area contributed by atoms with Crippen LogP contribution in [-0.2, 0) is 7.05 Å². The van der Waals surface area contributed by atoms with Crippen molar-refractivity contribution >= 4 is 16.7 Å². The lowest BCUT2D eigenvalue weighted by Gasteiger charge is -2.20. The van der Waals surface area contributed by atoms with Crippen LogP contribution < -0.4 is 5.56 Å². The topological polar surface area (TPSA) is 42.3 Å². The molecule has 1 aromatic heterocycles. The fourth-order valence-electron chi connectivity index (χ4n) is 2.23. The van der Waals surface area contributed by atoms with E-state index >= 15 is 0 Å². The van der Waals surface area contributed by atoms with Crippen molar-refractivity contribution in [1.29, 1.82) is 0 Å². The Morgan fingerprint density at radius 3 is 2.47 bits per heavy atom. The van der Waals surface area contributed by atoms with E-state index in [1.807, 2.05) is 32.0 Å². The first-order chi connectivity index (χ1) is 9.10. The smallest absolute Gasteiger partial charge is 0.270 e. The molecule has 0 bridgehead atoms. The molecular weight excluding hydrogens is 240 g/mol. The highest BCUT2D eigenvalue weighted by atomic mass is 16.2. The standard InChI is InChI=1S/C15H18N2O2/c1-4-17(5-2)15(19)13-10-11-8-6-7-9-12(11)14(18)16(13)3/h6-10H,4-5H2,1-3H3. The molecule has 19 heavy (non-hydrogen) atoms. The fraction of sp³-hybridized carbons (Fsp3) is 0.333. The number of benzene rings is 1. The predicted molar refractivity (Wildman–Crippen MR) is 76.4 cm³/mol. The molecule has 0 aliphatic heterocycles. The van der Waals surface area contributed by atoms with Crippen LogP contribution in [0.25, 0.3) is 10.8 Å². The van der Waals surface area contributed by atoms with E-state index in [2.05, 4.69) is 0 Å². The maximum absolute atomic E-state index is 12.4. The highest BCUT2D eigenvalue weighted by molar-refractivity contribution is 5.96. The maximum atomic E-state index is 12.4. The Hall–Kier alpha value is -2.10. The summed E-state index contributed by atoms with van der Waals surface area (Å²) in [5.74, 6) is -0.102. The van der Waals surface area contributed by atoms with E-state index < -0.39 is 0 Å². The molecule has 0 saturated heterocycles. The SMILES string of the molecule is CCN(CC)C(=O)c1cc2ccccc2c(=O)n1C. The number of amides is 1. The molecule has 1 heterocycles.